The quantitative estimate of drug-likeness (QED) is 0.873. The van der Waals surface area contributed by atoms with E-state index in [9.17, 15) is 13.2 Å². The van der Waals surface area contributed by atoms with Crippen LogP contribution >= 0.6 is 0 Å². The summed E-state index contributed by atoms with van der Waals surface area (Å²) < 4.78 is 27.8. The molecule has 0 unspecified atom stereocenters. The maximum Gasteiger partial charge on any atom is 0.261 e. The number of rotatable bonds is 6. The third-order valence-electron chi connectivity index (χ3n) is 3.83. The van der Waals surface area contributed by atoms with Gasteiger partial charge in [-0.05, 0) is 50.6 Å². The highest BCUT2D eigenvalue weighted by atomic mass is 32.2. The Labute approximate surface area is 143 Å². The minimum Gasteiger partial charge on any atom is -0.339 e. The normalized spacial score (nSPS) is 11.1. The molecule has 5 nitrogen and oxygen atoms in total. The zero-order valence-electron chi connectivity index (χ0n) is 14.1. The van der Waals surface area contributed by atoms with Crippen LogP contribution in [0, 0.1) is 6.92 Å². The first-order chi connectivity index (χ1) is 11.4. The zero-order chi connectivity index (χ0) is 17.7. The minimum atomic E-state index is -3.75. The topological polar surface area (TPSA) is 66.5 Å². The van der Waals surface area contributed by atoms with Crippen molar-refractivity contribution in [2.75, 3.05) is 17.8 Å². The first-order valence-corrected chi connectivity index (χ1v) is 9.35. The highest BCUT2D eigenvalue weighted by Gasteiger charge is 2.19. The van der Waals surface area contributed by atoms with Crippen molar-refractivity contribution >= 4 is 21.6 Å². The van der Waals surface area contributed by atoms with Crippen LogP contribution in [0.5, 0.6) is 0 Å². The number of anilines is 1. The molecule has 0 bridgehead atoms. The van der Waals surface area contributed by atoms with E-state index in [0.29, 0.717) is 24.3 Å². The SMILES string of the molecule is CCN(CC)C(=O)c1cccc(S(=O)(=O)Nc2ccccc2C)c1. The molecule has 128 valence electrons. The van der Waals surface area contributed by atoms with Crippen LogP contribution in [-0.2, 0) is 10.0 Å². The lowest BCUT2D eigenvalue weighted by molar-refractivity contribution is 0.0772. The summed E-state index contributed by atoms with van der Waals surface area (Å²) in [6.07, 6.45) is 0. The predicted molar refractivity (Wildman–Crippen MR) is 95.7 cm³/mol. The summed E-state index contributed by atoms with van der Waals surface area (Å²) in [6, 6.07) is 13.3. The summed E-state index contributed by atoms with van der Waals surface area (Å²) in [6.45, 7) is 6.77. The third kappa shape index (κ3) is 3.94. The van der Waals surface area contributed by atoms with Gasteiger partial charge in [0, 0.05) is 18.7 Å². The number of nitrogens with one attached hydrogen (secondary N) is 1. The van der Waals surface area contributed by atoms with Gasteiger partial charge in [-0.2, -0.15) is 0 Å². The van der Waals surface area contributed by atoms with Crippen LogP contribution in [0.4, 0.5) is 5.69 Å². The molecule has 1 amide bonds. The molecule has 0 radical (unpaired) electrons. The second-order valence-electron chi connectivity index (χ2n) is 5.43. The van der Waals surface area contributed by atoms with Crippen LogP contribution in [0.15, 0.2) is 53.4 Å². The van der Waals surface area contributed by atoms with E-state index < -0.39 is 10.0 Å². The van der Waals surface area contributed by atoms with Crippen LogP contribution in [-0.4, -0.2) is 32.3 Å². The molecule has 0 saturated carbocycles. The van der Waals surface area contributed by atoms with Crippen molar-refractivity contribution in [3.63, 3.8) is 0 Å². The molecule has 2 aromatic carbocycles. The fraction of sp³-hybridized carbons (Fsp3) is 0.278. The third-order valence-corrected chi connectivity index (χ3v) is 5.19. The van der Waals surface area contributed by atoms with Crippen LogP contribution in [0.3, 0.4) is 0 Å². The number of carbonyl (C=O) groups is 1. The summed E-state index contributed by atoms with van der Waals surface area (Å²) in [4.78, 5) is 14.1. The van der Waals surface area contributed by atoms with E-state index >= 15 is 0 Å². The number of carbonyl (C=O) groups excluding carboxylic acids is 1. The smallest absolute Gasteiger partial charge is 0.261 e. The minimum absolute atomic E-state index is 0.0729. The molecule has 0 aliphatic rings. The van der Waals surface area contributed by atoms with Gasteiger partial charge in [-0.15, -0.1) is 0 Å². The van der Waals surface area contributed by atoms with Crippen molar-refractivity contribution in [2.24, 2.45) is 0 Å². The molecule has 1 N–H and O–H groups in total. The average molecular weight is 346 g/mol. The van der Waals surface area contributed by atoms with Gasteiger partial charge in [0.2, 0.25) is 0 Å². The molecule has 0 aliphatic carbocycles. The van der Waals surface area contributed by atoms with Crippen molar-refractivity contribution < 1.29 is 13.2 Å². The number of nitrogens with zero attached hydrogens (tertiary/aromatic N) is 1. The van der Waals surface area contributed by atoms with Crippen LogP contribution in [0.1, 0.15) is 29.8 Å². The van der Waals surface area contributed by atoms with Gasteiger partial charge in [0.25, 0.3) is 15.9 Å². The number of para-hydroxylation sites is 1. The molecule has 0 atom stereocenters. The first-order valence-electron chi connectivity index (χ1n) is 7.86. The first kappa shape index (κ1) is 18.0. The lowest BCUT2D eigenvalue weighted by Gasteiger charge is -2.19. The predicted octanol–water partition coefficient (Wildman–Crippen LogP) is 3.28. The Morgan fingerprint density at radius 2 is 1.71 bits per heavy atom. The highest BCUT2D eigenvalue weighted by molar-refractivity contribution is 7.92. The Morgan fingerprint density at radius 1 is 1.04 bits per heavy atom. The monoisotopic (exact) mass is 346 g/mol. The van der Waals surface area contributed by atoms with Gasteiger partial charge in [-0.3, -0.25) is 9.52 Å². The summed E-state index contributed by atoms with van der Waals surface area (Å²) in [7, 11) is -3.75. The summed E-state index contributed by atoms with van der Waals surface area (Å²) in [5.41, 5.74) is 1.72. The summed E-state index contributed by atoms with van der Waals surface area (Å²) in [5, 5.41) is 0. The van der Waals surface area contributed by atoms with Crippen molar-refractivity contribution in [1.82, 2.24) is 4.90 Å². The second-order valence-corrected chi connectivity index (χ2v) is 7.11. The largest absolute Gasteiger partial charge is 0.339 e. The van der Waals surface area contributed by atoms with E-state index in [1.807, 2.05) is 32.9 Å². The van der Waals surface area contributed by atoms with Gasteiger partial charge in [-0.25, -0.2) is 8.42 Å². The molecule has 2 aromatic rings. The van der Waals surface area contributed by atoms with Crippen molar-refractivity contribution in [3.05, 3.63) is 59.7 Å². The molecule has 0 aromatic heterocycles. The second kappa shape index (κ2) is 7.49. The van der Waals surface area contributed by atoms with Crippen molar-refractivity contribution in [2.45, 2.75) is 25.7 Å². The van der Waals surface area contributed by atoms with Gasteiger partial charge >= 0.3 is 0 Å². The Hall–Kier alpha value is -2.34. The van der Waals surface area contributed by atoms with Crippen molar-refractivity contribution in [3.8, 4) is 0 Å². The van der Waals surface area contributed by atoms with Crippen molar-refractivity contribution in [1.29, 1.82) is 0 Å². The molecule has 2 rings (SSSR count). The van der Waals surface area contributed by atoms with E-state index in [1.54, 1.807) is 29.2 Å². The molecular formula is C18H22N2O3S. The average Bonchev–Trinajstić information content (AvgIpc) is 2.58. The molecule has 0 saturated heterocycles. The van der Waals surface area contributed by atoms with Crippen LogP contribution in [0.2, 0.25) is 0 Å². The molecule has 0 fully saturated rings. The number of amides is 1. The molecule has 24 heavy (non-hydrogen) atoms. The Balaban J connectivity index is 2.33. The summed E-state index contributed by atoms with van der Waals surface area (Å²) >= 11 is 0. The number of aryl methyl sites for hydroxylation is 1. The molecule has 0 spiro atoms. The van der Waals surface area contributed by atoms with E-state index in [2.05, 4.69) is 4.72 Å². The standard InChI is InChI=1S/C18H22N2O3S/c1-4-20(5-2)18(21)15-10-8-11-16(13-15)24(22,23)19-17-12-7-6-9-14(17)3/h6-13,19H,4-5H2,1-3H3. The molecule has 0 heterocycles. The Bertz CT molecular complexity index is 828. The lowest BCUT2D eigenvalue weighted by atomic mass is 10.2. The molecule has 0 aliphatic heterocycles. The van der Waals surface area contributed by atoms with E-state index in [0.717, 1.165) is 5.56 Å². The van der Waals surface area contributed by atoms with Gasteiger partial charge in [0.15, 0.2) is 0 Å². The zero-order valence-corrected chi connectivity index (χ0v) is 14.9. The maximum atomic E-state index is 12.6. The van der Waals surface area contributed by atoms with E-state index in [1.165, 1.54) is 12.1 Å². The number of hydrogen-bond donors (Lipinski definition) is 1. The van der Waals surface area contributed by atoms with E-state index in [4.69, 9.17) is 0 Å². The Morgan fingerprint density at radius 3 is 2.33 bits per heavy atom. The lowest BCUT2D eigenvalue weighted by Crippen LogP contribution is -2.30. The van der Waals surface area contributed by atoms with Gasteiger partial charge in [0.1, 0.15) is 0 Å². The van der Waals surface area contributed by atoms with Crippen LogP contribution < -0.4 is 4.72 Å². The van der Waals surface area contributed by atoms with Crippen LogP contribution in [0.25, 0.3) is 0 Å². The van der Waals surface area contributed by atoms with Gasteiger partial charge < -0.3 is 4.90 Å². The highest BCUT2D eigenvalue weighted by Crippen LogP contribution is 2.20. The maximum absolute atomic E-state index is 12.6. The molecule has 6 heteroatoms. The van der Waals surface area contributed by atoms with E-state index in [-0.39, 0.29) is 10.8 Å². The molecular weight excluding hydrogens is 324 g/mol. The Kier molecular flexibility index (Phi) is 5.62. The van der Waals surface area contributed by atoms with Gasteiger partial charge in [-0.1, -0.05) is 24.3 Å². The summed E-state index contributed by atoms with van der Waals surface area (Å²) in [5.74, 6) is -0.173. The fourth-order valence-corrected chi connectivity index (χ4v) is 3.56. The fourth-order valence-electron chi connectivity index (χ4n) is 2.38. The van der Waals surface area contributed by atoms with Gasteiger partial charge in [0.05, 0.1) is 10.6 Å². The number of hydrogen-bond acceptors (Lipinski definition) is 3. The number of benzene rings is 2. The number of sulfonamides is 1.